The molecule has 2 N–H and O–H groups in total. The van der Waals surface area contributed by atoms with Crippen LogP contribution in [0.2, 0.25) is 0 Å². The van der Waals surface area contributed by atoms with E-state index < -0.39 is 5.25 Å². The van der Waals surface area contributed by atoms with Crippen molar-refractivity contribution < 1.29 is 4.79 Å². The predicted molar refractivity (Wildman–Crippen MR) is 114 cm³/mol. The van der Waals surface area contributed by atoms with E-state index in [9.17, 15) is 9.59 Å². The topological polar surface area (TPSA) is 92.7 Å². The molecule has 0 aliphatic heterocycles. The molecule has 0 bridgehead atoms. The third-order valence-corrected chi connectivity index (χ3v) is 6.06. The fourth-order valence-electron chi connectivity index (χ4n) is 2.61. The van der Waals surface area contributed by atoms with Gasteiger partial charge >= 0.3 is 5.69 Å². The number of anilines is 1. The number of nitrogens with zero attached hydrogens (tertiary/aromatic N) is 3. The van der Waals surface area contributed by atoms with Gasteiger partial charge in [0.05, 0.1) is 10.9 Å². The molecule has 1 atom stereocenters. The van der Waals surface area contributed by atoms with E-state index in [-0.39, 0.29) is 11.6 Å². The zero-order chi connectivity index (χ0) is 20.1. The van der Waals surface area contributed by atoms with E-state index in [1.807, 2.05) is 24.4 Å². The second kappa shape index (κ2) is 9.20. The van der Waals surface area contributed by atoms with Crippen LogP contribution in [0.25, 0.3) is 11.3 Å². The molecule has 3 rings (SSSR count). The van der Waals surface area contributed by atoms with Crippen molar-refractivity contribution in [1.29, 1.82) is 0 Å². The van der Waals surface area contributed by atoms with Gasteiger partial charge in [0.15, 0.2) is 10.3 Å². The number of aromatic nitrogens is 4. The van der Waals surface area contributed by atoms with Gasteiger partial charge in [0.1, 0.15) is 0 Å². The van der Waals surface area contributed by atoms with Crippen molar-refractivity contribution in [3.63, 3.8) is 0 Å². The molecule has 1 unspecified atom stereocenters. The Morgan fingerprint density at radius 3 is 2.75 bits per heavy atom. The van der Waals surface area contributed by atoms with Crippen molar-refractivity contribution in [3.8, 4) is 11.3 Å². The summed E-state index contributed by atoms with van der Waals surface area (Å²) in [5.41, 5.74) is 2.89. The number of aryl methyl sites for hydroxylation is 1. The van der Waals surface area contributed by atoms with Gasteiger partial charge in [-0.3, -0.25) is 9.36 Å². The Hall–Kier alpha value is -2.39. The van der Waals surface area contributed by atoms with Crippen molar-refractivity contribution in [2.75, 3.05) is 5.32 Å². The molecule has 0 aliphatic carbocycles. The highest BCUT2D eigenvalue weighted by molar-refractivity contribution is 8.00. The molecule has 0 spiro atoms. The van der Waals surface area contributed by atoms with Crippen LogP contribution in [0.1, 0.15) is 32.8 Å². The summed E-state index contributed by atoms with van der Waals surface area (Å²) < 4.78 is 1.55. The van der Waals surface area contributed by atoms with E-state index in [0.29, 0.717) is 16.8 Å². The van der Waals surface area contributed by atoms with Crippen LogP contribution in [0.3, 0.4) is 0 Å². The summed E-state index contributed by atoms with van der Waals surface area (Å²) in [5, 5.41) is 11.9. The number of carbonyl (C=O) groups excluding carboxylic acids is 1. The van der Waals surface area contributed by atoms with Gasteiger partial charge in [0.2, 0.25) is 5.91 Å². The van der Waals surface area contributed by atoms with Gasteiger partial charge in [0.25, 0.3) is 0 Å². The first-order valence-corrected chi connectivity index (χ1v) is 10.9. The maximum atomic E-state index is 12.5. The van der Waals surface area contributed by atoms with Crippen LogP contribution in [-0.2, 0) is 17.8 Å². The lowest BCUT2D eigenvalue weighted by atomic mass is 10.1. The average molecular weight is 418 g/mol. The number of thioether (sulfide) groups is 1. The van der Waals surface area contributed by atoms with Gasteiger partial charge in [-0.25, -0.2) is 14.9 Å². The number of hydrogen-bond donors (Lipinski definition) is 2. The maximum absolute atomic E-state index is 12.5. The first kappa shape index (κ1) is 20.3. The van der Waals surface area contributed by atoms with Crippen molar-refractivity contribution in [2.45, 2.75) is 50.6 Å². The number of nitrogens with one attached hydrogen (secondary N) is 2. The zero-order valence-corrected chi connectivity index (χ0v) is 17.7. The van der Waals surface area contributed by atoms with E-state index in [0.717, 1.165) is 24.1 Å². The van der Waals surface area contributed by atoms with E-state index in [1.54, 1.807) is 11.5 Å². The summed E-state index contributed by atoms with van der Waals surface area (Å²) >= 11 is 2.64. The molecule has 0 saturated carbocycles. The van der Waals surface area contributed by atoms with Crippen LogP contribution in [0.15, 0.2) is 39.6 Å². The Labute approximate surface area is 171 Å². The van der Waals surface area contributed by atoms with Crippen molar-refractivity contribution in [3.05, 3.63) is 45.7 Å². The number of rotatable bonds is 8. The highest BCUT2D eigenvalue weighted by atomic mass is 32.2. The molecule has 9 heteroatoms. The van der Waals surface area contributed by atoms with Crippen LogP contribution in [-0.4, -0.2) is 30.9 Å². The fraction of sp³-hybridized carbons (Fsp3) is 0.368. The number of carbonyl (C=O) groups is 1. The summed E-state index contributed by atoms with van der Waals surface area (Å²) in [6.07, 6.45) is 1.81. The lowest BCUT2D eigenvalue weighted by Gasteiger charge is -2.10. The number of thiazole rings is 1. The Morgan fingerprint density at radius 2 is 2.07 bits per heavy atom. The van der Waals surface area contributed by atoms with E-state index in [1.165, 1.54) is 28.7 Å². The van der Waals surface area contributed by atoms with Gasteiger partial charge in [-0.05, 0) is 25.3 Å². The van der Waals surface area contributed by atoms with Gasteiger partial charge in [-0.15, -0.1) is 16.4 Å². The number of H-pyrrole nitrogens is 1. The Balaban J connectivity index is 1.64. The number of aromatic amines is 1. The minimum Gasteiger partial charge on any atom is -0.301 e. The van der Waals surface area contributed by atoms with E-state index in [2.05, 4.69) is 39.6 Å². The Kier molecular flexibility index (Phi) is 6.69. The number of benzene rings is 1. The highest BCUT2D eigenvalue weighted by Crippen LogP contribution is 2.27. The minimum atomic E-state index is -0.415. The predicted octanol–water partition coefficient (Wildman–Crippen LogP) is 3.79. The molecule has 0 aliphatic rings. The van der Waals surface area contributed by atoms with Crippen LogP contribution in [0, 0.1) is 0 Å². The van der Waals surface area contributed by atoms with Crippen molar-refractivity contribution >= 4 is 34.1 Å². The quantitative estimate of drug-likeness (QED) is 0.544. The first-order chi connectivity index (χ1) is 13.5. The number of amides is 1. The normalized spacial score (nSPS) is 12.1. The molecule has 1 amide bonds. The molecule has 2 aromatic heterocycles. The summed E-state index contributed by atoms with van der Waals surface area (Å²) in [5.74, 6) is -0.175. The summed E-state index contributed by atoms with van der Waals surface area (Å²) in [6.45, 7) is 6.46. The third-order valence-electron chi connectivity index (χ3n) is 4.21. The highest BCUT2D eigenvalue weighted by Gasteiger charge is 2.20. The molecule has 3 aromatic rings. The van der Waals surface area contributed by atoms with Crippen LogP contribution in [0.5, 0.6) is 0 Å². The summed E-state index contributed by atoms with van der Waals surface area (Å²) in [7, 11) is 0. The van der Waals surface area contributed by atoms with E-state index >= 15 is 0 Å². The minimum absolute atomic E-state index is 0.175. The lowest BCUT2D eigenvalue weighted by Crippen LogP contribution is -2.24. The molecule has 0 saturated heterocycles. The molecular weight excluding hydrogens is 394 g/mol. The molecule has 28 heavy (non-hydrogen) atoms. The fourth-order valence-corrected chi connectivity index (χ4v) is 4.21. The SMILES string of the molecule is CCCn1c(SC(C)C(=O)Nc2nc(-c3ccc(CC)cc3)cs2)n[nH]c1=O. The molecule has 148 valence electrons. The number of hydrogen-bond acceptors (Lipinski definition) is 6. The first-order valence-electron chi connectivity index (χ1n) is 9.19. The second-order valence-corrected chi connectivity index (χ2v) is 8.47. The molecular formula is C19H23N5O2S2. The molecule has 7 nitrogen and oxygen atoms in total. The van der Waals surface area contributed by atoms with Crippen molar-refractivity contribution in [2.24, 2.45) is 0 Å². The van der Waals surface area contributed by atoms with Crippen LogP contribution >= 0.6 is 23.1 Å². The van der Waals surface area contributed by atoms with E-state index in [4.69, 9.17) is 0 Å². The average Bonchev–Trinajstić information content (AvgIpc) is 3.30. The summed E-state index contributed by atoms with van der Waals surface area (Å²) in [6, 6.07) is 8.27. The van der Waals surface area contributed by atoms with Gasteiger partial charge in [-0.1, -0.05) is 49.9 Å². The smallest absolute Gasteiger partial charge is 0.301 e. The largest absolute Gasteiger partial charge is 0.343 e. The molecule has 0 fully saturated rings. The second-order valence-electron chi connectivity index (χ2n) is 6.30. The lowest BCUT2D eigenvalue weighted by molar-refractivity contribution is -0.115. The van der Waals surface area contributed by atoms with Crippen LogP contribution in [0.4, 0.5) is 5.13 Å². The summed E-state index contributed by atoms with van der Waals surface area (Å²) in [4.78, 5) is 28.8. The van der Waals surface area contributed by atoms with Gasteiger partial charge in [0, 0.05) is 17.5 Å². The standard InChI is InChI=1S/C19H23N5O2S2/c1-4-10-24-18(26)22-23-19(24)28-12(3)16(25)21-17-20-15(11-27-17)14-8-6-13(5-2)7-9-14/h6-9,11-12H,4-5,10H2,1-3H3,(H,22,26)(H,20,21,25). The van der Waals surface area contributed by atoms with Gasteiger partial charge in [-0.2, -0.15) is 0 Å². The molecule has 0 radical (unpaired) electrons. The van der Waals surface area contributed by atoms with Gasteiger partial charge < -0.3 is 5.32 Å². The Bertz CT molecular complexity index is 990. The molecule has 1 aromatic carbocycles. The maximum Gasteiger partial charge on any atom is 0.343 e. The zero-order valence-electron chi connectivity index (χ0n) is 16.1. The monoisotopic (exact) mass is 417 g/mol. The Morgan fingerprint density at radius 1 is 1.32 bits per heavy atom. The third kappa shape index (κ3) is 4.71. The van der Waals surface area contributed by atoms with Crippen molar-refractivity contribution in [1.82, 2.24) is 19.7 Å². The molecule has 2 heterocycles. The van der Waals surface area contributed by atoms with Crippen LogP contribution < -0.4 is 11.0 Å².